The smallest absolute Gasteiger partial charge is 0.133 e. The molecule has 98 valence electrons. The van der Waals surface area contributed by atoms with Crippen molar-refractivity contribution in [1.82, 2.24) is 9.97 Å². The van der Waals surface area contributed by atoms with Gasteiger partial charge in [0.05, 0.1) is 5.54 Å². The molecule has 0 atom stereocenters. The predicted octanol–water partition coefficient (Wildman–Crippen LogP) is 0.885. The van der Waals surface area contributed by atoms with Crippen molar-refractivity contribution in [2.75, 3.05) is 25.1 Å². The Labute approximate surface area is 107 Å². The molecule has 0 spiro atoms. The molecule has 1 aliphatic carbocycles. The molecule has 2 aliphatic rings. The first-order valence-corrected chi connectivity index (χ1v) is 6.72. The molecule has 1 fully saturated rings. The number of rotatable bonds is 3. The van der Waals surface area contributed by atoms with Gasteiger partial charge in [0.1, 0.15) is 12.1 Å². The summed E-state index contributed by atoms with van der Waals surface area (Å²) in [5, 5.41) is 3.59. The molecule has 0 amide bonds. The number of aryl methyl sites for hydroxylation is 1. The van der Waals surface area contributed by atoms with Crippen molar-refractivity contribution in [2.24, 2.45) is 5.73 Å². The van der Waals surface area contributed by atoms with Crippen molar-refractivity contribution >= 4 is 5.82 Å². The highest BCUT2D eigenvalue weighted by Gasteiger charge is 2.32. The SMILES string of the molecule is NCC1(Nc2ncnc3c2CCC3)CCOCC1. The van der Waals surface area contributed by atoms with Crippen molar-refractivity contribution in [3.05, 3.63) is 17.6 Å². The summed E-state index contributed by atoms with van der Waals surface area (Å²) < 4.78 is 5.43. The lowest BCUT2D eigenvalue weighted by Crippen LogP contribution is -2.50. The molecular formula is C13H20N4O. The van der Waals surface area contributed by atoms with Crippen molar-refractivity contribution in [2.45, 2.75) is 37.6 Å². The minimum Gasteiger partial charge on any atom is -0.381 e. The molecular weight excluding hydrogens is 228 g/mol. The van der Waals surface area contributed by atoms with Gasteiger partial charge in [-0.3, -0.25) is 0 Å². The van der Waals surface area contributed by atoms with E-state index in [0.29, 0.717) is 6.54 Å². The van der Waals surface area contributed by atoms with Crippen molar-refractivity contribution < 1.29 is 4.74 Å². The fourth-order valence-corrected chi connectivity index (χ4v) is 2.86. The number of ether oxygens (including phenoxy) is 1. The third kappa shape index (κ3) is 2.08. The van der Waals surface area contributed by atoms with E-state index in [9.17, 15) is 0 Å². The highest BCUT2D eigenvalue weighted by Crippen LogP contribution is 2.30. The molecule has 0 radical (unpaired) electrons. The summed E-state index contributed by atoms with van der Waals surface area (Å²) in [5.74, 6) is 0.991. The average molecular weight is 248 g/mol. The fourth-order valence-electron chi connectivity index (χ4n) is 2.86. The highest BCUT2D eigenvalue weighted by atomic mass is 16.5. The maximum absolute atomic E-state index is 5.97. The van der Waals surface area contributed by atoms with Crippen LogP contribution in [0.4, 0.5) is 5.82 Å². The van der Waals surface area contributed by atoms with Crippen LogP contribution in [0.1, 0.15) is 30.5 Å². The number of nitrogens with one attached hydrogen (secondary N) is 1. The predicted molar refractivity (Wildman–Crippen MR) is 69.5 cm³/mol. The van der Waals surface area contributed by atoms with Gasteiger partial charge in [-0.05, 0) is 32.1 Å². The zero-order chi connectivity index (χ0) is 12.4. The summed E-state index contributed by atoms with van der Waals surface area (Å²) in [6.45, 7) is 2.17. The van der Waals surface area contributed by atoms with Crippen LogP contribution in [0.5, 0.6) is 0 Å². The normalized spacial score (nSPS) is 21.6. The van der Waals surface area contributed by atoms with Gasteiger partial charge in [-0.1, -0.05) is 0 Å². The van der Waals surface area contributed by atoms with E-state index in [1.165, 1.54) is 17.7 Å². The summed E-state index contributed by atoms with van der Waals surface area (Å²) in [7, 11) is 0. The van der Waals surface area contributed by atoms with E-state index in [-0.39, 0.29) is 5.54 Å². The van der Waals surface area contributed by atoms with E-state index < -0.39 is 0 Å². The molecule has 1 saturated heterocycles. The Morgan fingerprint density at radius 1 is 1.28 bits per heavy atom. The topological polar surface area (TPSA) is 73.1 Å². The van der Waals surface area contributed by atoms with Gasteiger partial charge in [0.15, 0.2) is 0 Å². The first kappa shape index (κ1) is 11.9. The molecule has 1 aliphatic heterocycles. The summed E-state index contributed by atoms with van der Waals surface area (Å²) in [6.07, 6.45) is 6.89. The van der Waals surface area contributed by atoms with Crippen LogP contribution >= 0.6 is 0 Å². The number of hydrogen-bond donors (Lipinski definition) is 2. The standard InChI is InChI=1S/C13H20N4O/c14-8-13(4-6-18-7-5-13)17-12-10-2-1-3-11(10)15-9-16-12/h9H,1-8,14H2,(H,15,16,17). The Kier molecular flexibility index (Phi) is 3.18. The minimum atomic E-state index is -0.0526. The summed E-state index contributed by atoms with van der Waals surface area (Å²) in [4.78, 5) is 8.77. The quantitative estimate of drug-likeness (QED) is 0.831. The van der Waals surface area contributed by atoms with Gasteiger partial charge in [0, 0.05) is 31.0 Å². The summed E-state index contributed by atoms with van der Waals surface area (Å²) in [5.41, 5.74) is 8.41. The molecule has 5 nitrogen and oxygen atoms in total. The Hall–Kier alpha value is -1.20. The van der Waals surface area contributed by atoms with Gasteiger partial charge in [-0.2, -0.15) is 0 Å². The highest BCUT2D eigenvalue weighted by molar-refractivity contribution is 5.50. The number of nitrogens with zero attached hydrogens (tertiary/aromatic N) is 2. The van der Waals surface area contributed by atoms with Crippen LogP contribution in [0.15, 0.2) is 6.33 Å². The van der Waals surface area contributed by atoms with Crippen LogP contribution in [0.2, 0.25) is 0 Å². The second kappa shape index (κ2) is 4.82. The Morgan fingerprint density at radius 3 is 2.89 bits per heavy atom. The zero-order valence-electron chi connectivity index (χ0n) is 10.6. The van der Waals surface area contributed by atoms with Gasteiger partial charge < -0.3 is 15.8 Å². The van der Waals surface area contributed by atoms with E-state index in [1.807, 2.05) is 0 Å². The number of nitrogens with two attached hydrogens (primary N) is 1. The number of fused-ring (bicyclic) bond motifs is 1. The number of hydrogen-bond acceptors (Lipinski definition) is 5. The lowest BCUT2D eigenvalue weighted by atomic mass is 9.90. The van der Waals surface area contributed by atoms with Crippen LogP contribution in [-0.2, 0) is 17.6 Å². The van der Waals surface area contributed by atoms with Crippen molar-refractivity contribution in [1.29, 1.82) is 0 Å². The fraction of sp³-hybridized carbons (Fsp3) is 0.692. The Morgan fingerprint density at radius 2 is 2.11 bits per heavy atom. The molecule has 0 bridgehead atoms. The lowest BCUT2D eigenvalue weighted by molar-refractivity contribution is 0.0626. The van der Waals surface area contributed by atoms with Crippen LogP contribution in [0.25, 0.3) is 0 Å². The van der Waals surface area contributed by atoms with Crippen molar-refractivity contribution in [3.8, 4) is 0 Å². The van der Waals surface area contributed by atoms with Crippen molar-refractivity contribution in [3.63, 3.8) is 0 Å². The van der Waals surface area contributed by atoms with Gasteiger partial charge in [0.2, 0.25) is 0 Å². The molecule has 5 heteroatoms. The van der Waals surface area contributed by atoms with E-state index in [4.69, 9.17) is 10.5 Å². The average Bonchev–Trinajstić information content (AvgIpc) is 2.89. The molecule has 0 unspecified atom stereocenters. The number of aromatic nitrogens is 2. The molecule has 2 heterocycles. The third-order valence-electron chi connectivity index (χ3n) is 4.10. The maximum atomic E-state index is 5.97. The van der Waals surface area contributed by atoms with E-state index in [0.717, 1.165) is 44.7 Å². The Balaban J connectivity index is 1.85. The molecule has 0 aromatic carbocycles. The molecule has 18 heavy (non-hydrogen) atoms. The van der Waals surface area contributed by atoms with Gasteiger partial charge in [-0.25, -0.2) is 9.97 Å². The van der Waals surface area contributed by atoms with E-state index >= 15 is 0 Å². The summed E-state index contributed by atoms with van der Waals surface area (Å²) >= 11 is 0. The Bertz CT molecular complexity index is 429. The maximum Gasteiger partial charge on any atom is 0.133 e. The largest absolute Gasteiger partial charge is 0.381 e. The monoisotopic (exact) mass is 248 g/mol. The molecule has 0 saturated carbocycles. The van der Waals surface area contributed by atoms with Crippen LogP contribution < -0.4 is 11.1 Å². The number of anilines is 1. The third-order valence-corrected chi connectivity index (χ3v) is 4.10. The van der Waals surface area contributed by atoms with Gasteiger partial charge in [-0.15, -0.1) is 0 Å². The van der Waals surface area contributed by atoms with Gasteiger partial charge in [0.25, 0.3) is 0 Å². The zero-order valence-corrected chi connectivity index (χ0v) is 10.6. The second-order valence-corrected chi connectivity index (χ2v) is 5.22. The van der Waals surface area contributed by atoms with Crippen LogP contribution in [0.3, 0.4) is 0 Å². The van der Waals surface area contributed by atoms with E-state index in [2.05, 4.69) is 15.3 Å². The molecule has 1 aromatic rings. The minimum absolute atomic E-state index is 0.0526. The molecule has 3 rings (SSSR count). The summed E-state index contributed by atoms with van der Waals surface area (Å²) in [6, 6.07) is 0. The lowest BCUT2D eigenvalue weighted by Gasteiger charge is -2.37. The van der Waals surface area contributed by atoms with E-state index in [1.54, 1.807) is 6.33 Å². The first-order chi connectivity index (χ1) is 8.83. The first-order valence-electron chi connectivity index (χ1n) is 6.72. The molecule has 1 aromatic heterocycles. The molecule has 3 N–H and O–H groups in total. The van der Waals surface area contributed by atoms with Gasteiger partial charge >= 0.3 is 0 Å². The second-order valence-electron chi connectivity index (χ2n) is 5.22. The van der Waals surface area contributed by atoms with Crippen LogP contribution in [-0.4, -0.2) is 35.3 Å². The van der Waals surface area contributed by atoms with Crippen LogP contribution in [0, 0.1) is 0 Å².